The molecule has 11 heteroatoms. The Kier molecular flexibility index (Phi) is 6.67. The number of pyridine rings is 1. The van der Waals surface area contributed by atoms with Gasteiger partial charge < -0.3 is 20.1 Å². The molecule has 3 aromatic heterocycles. The number of nitrogens with zero attached hydrogens (tertiary/aromatic N) is 6. The zero-order chi connectivity index (χ0) is 24.4. The van der Waals surface area contributed by atoms with Crippen molar-refractivity contribution in [3.05, 3.63) is 59.8 Å². The molecule has 0 unspecified atom stereocenters. The van der Waals surface area contributed by atoms with Crippen LogP contribution >= 0.6 is 11.6 Å². The van der Waals surface area contributed by atoms with Gasteiger partial charge in [-0.25, -0.2) is 19.3 Å². The van der Waals surface area contributed by atoms with Crippen LogP contribution in [0.2, 0.25) is 5.02 Å². The van der Waals surface area contributed by atoms with Gasteiger partial charge in [-0.3, -0.25) is 9.30 Å². The normalized spacial score (nSPS) is 14.5. The highest BCUT2D eigenvalue weighted by Crippen LogP contribution is 2.33. The first-order chi connectivity index (χ1) is 17.1. The molecule has 0 spiro atoms. The molecule has 4 heterocycles. The van der Waals surface area contributed by atoms with Crippen molar-refractivity contribution in [3.8, 4) is 17.1 Å². The van der Waals surface area contributed by atoms with Crippen molar-refractivity contribution in [2.24, 2.45) is 0 Å². The largest absolute Gasteiger partial charge is 0.494 e. The molecule has 1 fully saturated rings. The van der Waals surface area contributed by atoms with Crippen LogP contribution < -0.4 is 15.0 Å². The van der Waals surface area contributed by atoms with E-state index in [1.807, 2.05) is 18.2 Å². The van der Waals surface area contributed by atoms with Gasteiger partial charge in [-0.1, -0.05) is 11.6 Å². The summed E-state index contributed by atoms with van der Waals surface area (Å²) in [5, 5.41) is 12.7. The van der Waals surface area contributed by atoms with E-state index in [-0.39, 0.29) is 12.4 Å². The molecule has 0 atom stereocenters. The second-order valence-corrected chi connectivity index (χ2v) is 8.58. The van der Waals surface area contributed by atoms with Gasteiger partial charge in [0.05, 0.1) is 42.5 Å². The monoisotopic (exact) mass is 497 g/mol. The van der Waals surface area contributed by atoms with Crippen molar-refractivity contribution in [2.45, 2.75) is 0 Å². The van der Waals surface area contributed by atoms with Crippen LogP contribution in [0, 0.1) is 5.82 Å². The van der Waals surface area contributed by atoms with Crippen LogP contribution in [0.15, 0.2) is 48.9 Å². The molecule has 9 nitrogen and oxygen atoms in total. The number of methoxy groups -OCH3 is 1. The van der Waals surface area contributed by atoms with Gasteiger partial charge in [0.1, 0.15) is 22.9 Å². The Morgan fingerprint density at radius 1 is 1.11 bits per heavy atom. The molecule has 1 aliphatic heterocycles. The highest BCUT2D eigenvalue weighted by atomic mass is 35.5. The molecule has 1 saturated heterocycles. The van der Waals surface area contributed by atoms with Gasteiger partial charge in [0, 0.05) is 50.7 Å². The third-order valence-corrected chi connectivity index (χ3v) is 6.32. The van der Waals surface area contributed by atoms with Crippen molar-refractivity contribution in [1.29, 1.82) is 0 Å². The summed E-state index contributed by atoms with van der Waals surface area (Å²) in [5.41, 5.74) is 3.32. The molecule has 5 rings (SSSR count). The Balaban J connectivity index is 1.39. The Bertz CT molecular complexity index is 1340. The van der Waals surface area contributed by atoms with Crippen molar-refractivity contribution >= 4 is 34.6 Å². The number of β-amino-alcohol motifs (C(OH)–C–C–N with tert-alkyl or cyclic N) is 1. The molecule has 0 amide bonds. The number of halogens is 2. The minimum atomic E-state index is -0.389. The smallest absolute Gasteiger partial charge is 0.227 e. The van der Waals surface area contributed by atoms with E-state index in [0.717, 1.165) is 31.9 Å². The first-order valence-corrected chi connectivity index (χ1v) is 11.6. The number of aliphatic hydroxyl groups is 1. The predicted molar refractivity (Wildman–Crippen MR) is 133 cm³/mol. The summed E-state index contributed by atoms with van der Waals surface area (Å²) >= 11 is 6.39. The average molecular weight is 498 g/mol. The number of rotatable bonds is 7. The lowest BCUT2D eigenvalue weighted by Gasteiger charge is -2.36. The average Bonchev–Trinajstić information content (AvgIpc) is 3.29. The molecule has 0 aliphatic carbocycles. The second kappa shape index (κ2) is 10.0. The van der Waals surface area contributed by atoms with Crippen molar-refractivity contribution < 1.29 is 14.2 Å². The minimum absolute atomic E-state index is 0.177. The minimum Gasteiger partial charge on any atom is -0.494 e. The zero-order valence-corrected chi connectivity index (χ0v) is 19.9. The van der Waals surface area contributed by atoms with Gasteiger partial charge in [-0.05, 0) is 24.3 Å². The molecule has 1 aromatic carbocycles. The summed E-state index contributed by atoms with van der Waals surface area (Å²) in [6.07, 6.45) is 4.44. The van der Waals surface area contributed by atoms with E-state index in [1.165, 1.54) is 18.5 Å². The molecule has 0 saturated carbocycles. The Morgan fingerprint density at radius 2 is 1.94 bits per heavy atom. The van der Waals surface area contributed by atoms with Crippen LogP contribution in [0.25, 0.3) is 17.0 Å². The van der Waals surface area contributed by atoms with Crippen molar-refractivity contribution in [3.63, 3.8) is 0 Å². The van der Waals surface area contributed by atoms with Crippen LogP contribution in [0.1, 0.15) is 0 Å². The lowest BCUT2D eigenvalue weighted by molar-refractivity contribution is 0.189. The quantitative estimate of drug-likeness (QED) is 0.401. The summed E-state index contributed by atoms with van der Waals surface area (Å²) in [6.45, 7) is 4.43. The number of anilines is 3. The predicted octanol–water partition coefficient (Wildman–Crippen LogP) is 3.45. The molecule has 2 N–H and O–H groups in total. The summed E-state index contributed by atoms with van der Waals surface area (Å²) in [4.78, 5) is 17.7. The maximum absolute atomic E-state index is 13.8. The van der Waals surface area contributed by atoms with E-state index < -0.39 is 0 Å². The van der Waals surface area contributed by atoms with E-state index in [1.54, 1.807) is 23.8 Å². The molecular weight excluding hydrogens is 473 g/mol. The number of fused-ring (bicyclic) bond motifs is 1. The fraction of sp³-hybridized carbons (Fsp3) is 0.292. The highest BCUT2D eigenvalue weighted by Gasteiger charge is 2.19. The fourth-order valence-electron chi connectivity index (χ4n) is 4.21. The summed E-state index contributed by atoms with van der Waals surface area (Å²) in [7, 11) is 1.62. The van der Waals surface area contributed by atoms with E-state index >= 15 is 0 Å². The topological polar surface area (TPSA) is 91.0 Å². The van der Waals surface area contributed by atoms with Gasteiger partial charge in [0.15, 0.2) is 0 Å². The van der Waals surface area contributed by atoms with Gasteiger partial charge in [-0.2, -0.15) is 0 Å². The Morgan fingerprint density at radius 3 is 2.71 bits per heavy atom. The van der Waals surface area contributed by atoms with Crippen LogP contribution in [-0.4, -0.2) is 75.8 Å². The Hall–Kier alpha value is -3.47. The lowest BCUT2D eigenvalue weighted by Crippen LogP contribution is -2.47. The van der Waals surface area contributed by atoms with E-state index in [0.29, 0.717) is 46.0 Å². The van der Waals surface area contributed by atoms with Crippen molar-refractivity contribution in [1.82, 2.24) is 24.3 Å². The maximum atomic E-state index is 13.8. The third kappa shape index (κ3) is 4.86. The Labute approximate surface area is 206 Å². The zero-order valence-electron chi connectivity index (χ0n) is 19.2. The summed E-state index contributed by atoms with van der Waals surface area (Å²) in [5.74, 6) is 0.580. The number of hydrogen-bond donors (Lipinski definition) is 2. The van der Waals surface area contributed by atoms with Gasteiger partial charge in [0.2, 0.25) is 5.95 Å². The highest BCUT2D eigenvalue weighted by molar-refractivity contribution is 6.32. The standard InChI is InChI=1S/C24H25ClFN7O2/c1-35-21-12-17(32-8-6-31(7-9-32)10-11-34)3-4-19(21)29-24-28-13-18(25)23(30-24)20-14-27-22-5-2-16(26)15-33(20)22/h2-5,12-15,34H,6-11H2,1H3,(H,28,29,30). The first-order valence-electron chi connectivity index (χ1n) is 11.2. The summed E-state index contributed by atoms with van der Waals surface area (Å²) in [6, 6.07) is 8.87. The van der Waals surface area contributed by atoms with E-state index in [9.17, 15) is 4.39 Å². The number of aliphatic hydroxyl groups excluding tert-OH is 1. The maximum Gasteiger partial charge on any atom is 0.227 e. The number of ether oxygens (including phenoxy) is 1. The molecule has 182 valence electrons. The molecule has 4 aromatic rings. The van der Waals surface area contributed by atoms with Crippen molar-refractivity contribution in [2.75, 3.05) is 56.7 Å². The van der Waals surface area contributed by atoms with E-state index in [4.69, 9.17) is 21.4 Å². The molecule has 1 aliphatic rings. The number of hydrogen-bond acceptors (Lipinski definition) is 8. The second-order valence-electron chi connectivity index (χ2n) is 8.17. The van der Waals surface area contributed by atoms with Crippen LogP contribution in [0.3, 0.4) is 0 Å². The number of piperazine rings is 1. The number of imidazole rings is 1. The molecular formula is C24H25ClFN7O2. The van der Waals surface area contributed by atoms with Gasteiger partial charge in [-0.15, -0.1) is 0 Å². The molecule has 0 bridgehead atoms. The van der Waals surface area contributed by atoms with Crippen LogP contribution in [-0.2, 0) is 0 Å². The third-order valence-electron chi connectivity index (χ3n) is 6.04. The molecule has 35 heavy (non-hydrogen) atoms. The number of benzene rings is 1. The lowest BCUT2D eigenvalue weighted by atomic mass is 10.2. The first kappa shape index (κ1) is 23.3. The van der Waals surface area contributed by atoms with Gasteiger partial charge in [0.25, 0.3) is 0 Å². The van der Waals surface area contributed by atoms with E-state index in [2.05, 4.69) is 30.1 Å². The SMILES string of the molecule is COc1cc(N2CCN(CCO)CC2)ccc1Nc1ncc(Cl)c(-c2cnc3ccc(F)cn23)n1. The van der Waals surface area contributed by atoms with Gasteiger partial charge >= 0.3 is 0 Å². The summed E-state index contributed by atoms with van der Waals surface area (Å²) < 4.78 is 21.1. The van der Waals surface area contributed by atoms with Crippen LogP contribution in [0.5, 0.6) is 5.75 Å². The number of aromatic nitrogens is 4. The number of nitrogens with one attached hydrogen (secondary N) is 1. The van der Waals surface area contributed by atoms with Crippen LogP contribution in [0.4, 0.5) is 21.7 Å². The fourth-order valence-corrected chi connectivity index (χ4v) is 4.40. The molecule has 0 radical (unpaired) electrons.